The first-order valence-electron chi connectivity index (χ1n) is 5.25. The van der Waals surface area contributed by atoms with Gasteiger partial charge in [0.15, 0.2) is 0 Å². The molecule has 0 heterocycles. The quantitative estimate of drug-likeness (QED) is 0.623. The summed E-state index contributed by atoms with van der Waals surface area (Å²) in [5, 5.41) is 0. The molecule has 1 aromatic rings. The molecule has 5 nitrogen and oxygen atoms in total. The maximum Gasteiger partial charge on any atom is 0.337 e. The van der Waals surface area contributed by atoms with Crippen LogP contribution in [0.3, 0.4) is 0 Å². The lowest BCUT2D eigenvalue weighted by atomic mass is 9.98. The van der Waals surface area contributed by atoms with Gasteiger partial charge in [-0.15, -0.1) is 0 Å². The molecule has 17 heavy (non-hydrogen) atoms. The number of anilines is 2. The van der Waals surface area contributed by atoms with Crippen molar-refractivity contribution in [3.8, 4) is 5.75 Å². The molecule has 0 aliphatic heterocycles. The first-order valence-corrected chi connectivity index (χ1v) is 5.25. The molecule has 0 aliphatic rings. The molecule has 0 fully saturated rings. The van der Waals surface area contributed by atoms with Crippen molar-refractivity contribution in [1.29, 1.82) is 0 Å². The van der Waals surface area contributed by atoms with Crippen molar-refractivity contribution in [3.63, 3.8) is 0 Å². The number of carbonyl (C=O) groups excluding carboxylic acids is 1. The number of hydrogen-bond donors (Lipinski definition) is 2. The van der Waals surface area contributed by atoms with Gasteiger partial charge in [0, 0.05) is 17.8 Å². The minimum Gasteiger partial charge on any atom is -0.497 e. The summed E-state index contributed by atoms with van der Waals surface area (Å²) in [6, 6.07) is 5.02. The highest BCUT2D eigenvalue weighted by Gasteiger charge is 2.23. The van der Waals surface area contributed by atoms with E-state index in [9.17, 15) is 4.79 Å². The van der Waals surface area contributed by atoms with Crippen LogP contribution in [0.15, 0.2) is 18.2 Å². The van der Waals surface area contributed by atoms with Crippen LogP contribution < -0.4 is 16.0 Å². The fourth-order valence-corrected chi connectivity index (χ4v) is 1.06. The Balaban J connectivity index is 2.70. The molecule has 0 amide bonds. The van der Waals surface area contributed by atoms with Gasteiger partial charge in [0.05, 0.1) is 18.2 Å². The third kappa shape index (κ3) is 3.86. The van der Waals surface area contributed by atoms with E-state index in [0.717, 1.165) is 0 Å². The van der Waals surface area contributed by atoms with Crippen molar-refractivity contribution in [1.82, 2.24) is 0 Å². The Morgan fingerprint density at radius 2 is 1.94 bits per heavy atom. The fourth-order valence-electron chi connectivity index (χ4n) is 1.06. The van der Waals surface area contributed by atoms with E-state index in [1.807, 2.05) is 0 Å². The number of carbonyl (C=O) groups is 1. The standard InChI is InChI=1S/C12H18N2O3/c1-12(2,3)11(15)17-14-9-5-8(13)6-10(7-9)16-4/h5-7,14H,13H2,1-4H3. The van der Waals surface area contributed by atoms with Crippen molar-refractivity contribution in [2.75, 3.05) is 18.3 Å². The zero-order valence-corrected chi connectivity index (χ0v) is 10.5. The maximum atomic E-state index is 11.5. The minimum absolute atomic E-state index is 0.348. The van der Waals surface area contributed by atoms with E-state index >= 15 is 0 Å². The van der Waals surface area contributed by atoms with Crippen LogP contribution in [0.5, 0.6) is 5.75 Å². The largest absolute Gasteiger partial charge is 0.497 e. The summed E-state index contributed by atoms with van der Waals surface area (Å²) < 4.78 is 5.05. The van der Waals surface area contributed by atoms with E-state index in [-0.39, 0.29) is 5.97 Å². The van der Waals surface area contributed by atoms with Gasteiger partial charge in [-0.05, 0) is 26.8 Å². The first kappa shape index (κ1) is 13.2. The highest BCUT2D eigenvalue weighted by molar-refractivity contribution is 5.76. The predicted octanol–water partition coefficient (Wildman–Crippen LogP) is 2.19. The summed E-state index contributed by atoms with van der Waals surface area (Å²) in [4.78, 5) is 16.5. The Kier molecular flexibility index (Phi) is 3.83. The van der Waals surface area contributed by atoms with Crippen molar-refractivity contribution in [2.24, 2.45) is 5.41 Å². The van der Waals surface area contributed by atoms with Gasteiger partial charge < -0.3 is 15.3 Å². The van der Waals surface area contributed by atoms with Crippen LogP contribution in [0, 0.1) is 5.41 Å². The number of methoxy groups -OCH3 is 1. The lowest BCUT2D eigenvalue weighted by molar-refractivity contribution is -0.149. The molecule has 0 aliphatic carbocycles. The van der Waals surface area contributed by atoms with Gasteiger partial charge in [0.2, 0.25) is 0 Å². The molecule has 0 atom stereocenters. The van der Waals surface area contributed by atoms with Crippen LogP contribution in [0.4, 0.5) is 11.4 Å². The third-order valence-electron chi connectivity index (χ3n) is 2.04. The summed E-state index contributed by atoms with van der Waals surface area (Å²) in [6.45, 7) is 5.32. The van der Waals surface area contributed by atoms with E-state index in [1.165, 1.54) is 0 Å². The number of rotatable bonds is 3. The fraction of sp³-hybridized carbons (Fsp3) is 0.417. The highest BCUT2D eigenvalue weighted by atomic mass is 16.7. The Hall–Kier alpha value is -1.91. The molecule has 0 aromatic heterocycles. The van der Waals surface area contributed by atoms with Crippen LogP contribution in [0.25, 0.3) is 0 Å². The molecule has 1 aromatic carbocycles. The van der Waals surface area contributed by atoms with Gasteiger partial charge >= 0.3 is 5.97 Å². The van der Waals surface area contributed by atoms with Crippen LogP contribution in [-0.2, 0) is 9.63 Å². The second kappa shape index (κ2) is 4.95. The molecule has 3 N–H and O–H groups in total. The van der Waals surface area contributed by atoms with E-state index < -0.39 is 5.41 Å². The number of nitrogen functional groups attached to an aromatic ring is 1. The molecule has 5 heteroatoms. The zero-order chi connectivity index (χ0) is 13.1. The molecular formula is C12H18N2O3. The van der Waals surface area contributed by atoms with Gasteiger partial charge in [-0.25, -0.2) is 10.3 Å². The first-order chi connectivity index (χ1) is 7.82. The van der Waals surface area contributed by atoms with Gasteiger partial charge in [-0.3, -0.25) is 0 Å². The van der Waals surface area contributed by atoms with Crippen LogP contribution in [-0.4, -0.2) is 13.1 Å². The van der Waals surface area contributed by atoms with Crippen molar-refractivity contribution in [3.05, 3.63) is 18.2 Å². The zero-order valence-electron chi connectivity index (χ0n) is 10.5. The number of benzene rings is 1. The second-order valence-corrected chi connectivity index (χ2v) is 4.74. The molecule has 0 spiro atoms. The molecule has 0 saturated carbocycles. The topological polar surface area (TPSA) is 73.6 Å². The number of ether oxygens (including phenoxy) is 1. The number of nitrogens with one attached hydrogen (secondary N) is 1. The Labute approximate surface area is 101 Å². The van der Waals surface area contributed by atoms with Crippen LogP contribution in [0.1, 0.15) is 20.8 Å². The number of hydrogen-bond acceptors (Lipinski definition) is 5. The average Bonchev–Trinajstić information content (AvgIpc) is 2.23. The molecule has 1 rings (SSSR count). The lowest BCUT2D eigenvalue weighted by Gasteiger charge is -2.17. The van der Waals surface area contributed by atoms with Crippen LogP contribution >= 0.6 is 0 Å². The van der Waals surface area contributed by atoms with Crippen molar-refractivity contribution < 1.29 is 14.4 Å². The monoisotopic (exact) mass is 238 g/mol. The molecular weight excluding hydrogens is 220 g/mol. The smallest absolute Gasteiger partial charge is 0.337 e. The maximum absolute atomic E-state index is 11.5. The van der Waals surface area contributed by atoms with Gasteiger partial charge in [-0.2, -0.15) is 0 Å². The van der Waals surface area contributed by atoms with Crippen LogP contribution in [0.2, 0.25) is 0 Å². The Morgan fingerprint density at radius 1 is 1.29 bits per heavy atom. The summed E-state index contributed by atoms with van der Waals surface area (Å²) in [7, 11) is 1.54. The minimum atomic E-state index is -0.558. The summed E-state index contributed by atoms with van der Waals surface area (Å²) in [5.74, 6) is 0.248. The predicted molar refractivity (Wildman–Crippen MR) is 66.6 cm³/mol. The highest BCUT2D eigenvalue weighted by Crippen LogP contribution is 2.23. The summed E-state index contributed by atoms with van der Waals surface area (Å²) in [5.41, 5.74) is 8.76. The van der Waals surface area contributed by atoms with E-state index in [0.29, 0.717) is 17.1 Å². The van der Waals surface area contributed by atoms with E-state index in [4.69, 9.17) is 15.3 Å². The second-order valence-electron chi connectivity index (χ2n) is 4.74. The molecule has 94 valence electrons. The Morgan fingerprint density at radius 3 is 2.47 bits per heavy atom. The van der Waals surface area contributed by atoms with E-state index in [1.54, 1.807) is 46.1 Å². The van der Waals surface area contributed by atoms with E-state index in [2.05, 4.69) is 5.48 Å². The SMILES string of the molecule is COc1cc(N)cc(NOC(=O)C(C)(C)C)c1. The number of nitrogens with two attached hydrogens (primary N) is 1. The summed E-state index contributed by atoms with van der Waals surface area (Å²) in [6.07, 6.45) is 0. The summed E-state index contributed by atoms with van der Waals surface area (Å²) >= 11 is 0. The van der Waals surface area contributed by atoms with Gasteiger partial charge in [0.1, 0.15) is 5.75 Å². The molecule has 0 bridgehead atoms. The lowest BCUT2D eigenvalue weighted by Crippen LogP contribution is -2.25. The van der Waals surface area contributed by atoms with Gasteiger partial charge in [-0.1, -0.05) is 0 Å². The third-order valence-corrected chi connectivity index (χ3v) is 2.04. The Bertz CT molecular complexity index is 411. The normalized spacial score (nSPS) is 10.8. The van der Waals surface area contributed by atoms with Crippen molar-refractivity contribution in [2.45, 2.75) is 20.8 Å². The molecule has 0 unspecified atom stereocenters. The van der Waals surface area contributed by atoms with Crippen molar-refractivity contribution >= 4 is 17.3 Å². The molecule has 0 radical (unpaired) electrons. The average molecular weight is 238 g/mol. The molecule has 0 saturated heterocycles. The van der Waals surface area contributed by atoms with Gasteiger partial charge in [0.25, 0.3) is 0 Å².